The largest absolute Gasteiger partial charge is 0.504 e. The fraction of sp³-hybridized carbons (Fsp3) is 0.154. The van der Waals surface area contributed by atoms with Crippen LogP contribution in [0.4, 0.5) is 0 Å². The number of aromatic nitrogens is 1. The Morgan fingerprint density at radius 2 is 2.00 bits per heavy atom. The molecule has 0 aliphatic heterocycles. The average molecular weight is 231 g/mol. The van der Waals surface area contributed by atoms with Crippen molar-refractivity contribution >= 4 is 0 Å². The van der Waals surface area contributed by atoms with E-state index in [9.17, 15) is 10.2 Å². The van der Waals surface area contributed by atoms with E-state index in [1.165, 1.54) is 6.07 Å². The van der Waals surface area contributed by atoms with Crippen LogP contribution in [0.5, 0.6) is 11.5 Å². The van der Waals surface area contributed by atoms with Crippen molar-refractivity contribution in [3.63, 3.8) is 0 Å². The molecule has 1 atom stereocenters. The first kappa shape index (κ1) is 11.4. The van der Waals surface area contributed by atoms with Gasteiger partial charge in [0.1, 0.15) is 12.7 Å². The van der Waals surface area contributed by atoms with Gasteiger partial charge in [0.2, 0.25) is 0 Å². The topological polar surface area (TPSA) is 62.6 Å². The lowest BCUT2D eigenvalue weighted by molar-refractivity contribution is 0.106. The Morgan fingerprint density at radius 3 is 2.71 bits per heavy atom. The first-order chi connectivity index (χ1) is 8.27. The summed E-state index contributed by atoms with van der Waals surface area (Å²) in [5.74, 6) is 0.418. The minimum Gasteiger partial charge on any atom is -0.504 e. The number of hydrogen-bond acceptors (Lipinski definition) is 4. The van der Waals surface area contributed by atoms with Gasteiger partial charge >= 0.3 is 0 Å². The predicted molar refractivity (Wildman–Crippen MR) is 62.8 cm³/mol. The molecule has 1 aromatic heterocycles. The Bertz CT molecular complexity index is 473. The lowest BCUT2D eigenvalue weighted by atomic mass is 10.2. The third kappa shape index (κ3) is 2.95. The summed E-state index contributed by atoms with van der Waals surface area (Å²) >= 11 is 0. The summed E-state index contributed by atoms with van der Waals surface area (Å²) in [7, 11) is 0. The van der Waals surface area contributed by atoms with Crippen molar-refractivity contribution in [1.29, 1.82) is 0 Å². The van der Waals surface area contributed by atoms with Gasteiger partial charge < -0.3 is 14.9 Å². The van der Waals surface area contributed by atoms with E-state index in [2.05, 4.69) is 4.98 Å². The molecule has 1 aromatic carbocycles. The third-order valence-corrected chi connectivity index (χ3v) is 2.33. The van der Waals surface area contributed by atoms with E-state index in [0.29, 0.717) is 11.3 Å². The van der Waals surface area contributed by atoms with Gasteiger partial charge in [-0.05, 0) is 18.2 Å². The highest BCUT2D eigenvalue weighted by molar-refractivity contribution is 5.37. The summed E-state index contributed by atoms with van der Waals surface area (Å²) in [6.07, 6.45) is 2.46. The molecule has 0 amide bonds. The summed E-state index contributed by atoms with van der Waals surface area (Å²) in [4.78, 5) is 3.91. The Morgan fingerprint density at radius 1 is 1.18 bits per heavy atom. The predicted octanol–water partition coefficient (Wildman–Crippen LogP) is 1.90. The number of nitrogens with zero attached hydrogens (tertiary/aromatic N) is 1. The molecule has 0 aliphatic rings. The number of aromatic hydroxyl groups is 1. The number of hydrogen-bond donors (Lipinski definition) is 2. The van der Waals surface area contributed by atoms with Crippen LogP contribution >= 0.6 is 0 Å². The van der Waals surface area contributed by atoms with E-state index in [4.69, 9.17) is 4.74 Å². The van der Waals surface area contributed by atoms with Crippen LogP contribution in [-0.2, 0) is 0 Å². The molecule has 4 heteroatoms. The first-order valence-corrected chi connectivity index (χ1v) is 5.26. The van der Waals surface area contributed by atoms with Gasteiger partial charge in [0.25, 0.3) is 0 Å². The summed E-state index contributed by atoms with van der Waals surface area (Å²) < 4.78 is 5.33. The number of phenols is 1. The van der Waals surface area contributed by atoms with E-state index >= 15 is 0 Å². The molecule has 17 heavy (non-hydrogen) atoms. The van der Waals surface area contributed by atoms with Crippen LogP contribution in [0.1, 0.15) is 11.7 Å². The van der Waals surface area contributed by atoms with Crippen LogP contribution in [0.2, 0.25) is 0 Å². The van der Waals surface area contributed by atoms with E-state index < -0.39 is 6.10 Å². The highest BCUT2D eigenvalue weighted by atomic mass is 16.5. The molecular weight excluding hydrogens is 218 g/mol. The second-order valence-corrected chi connectivity index (χ2v) is 3.58. The summed E-state index contributed by atoms with van der Waals surface area (Å²) in [6.45, 7) is 0.0727. The zero-order valence-corrected chi connectivity index (χ0v) is 9.15. The van der Waals surface area contributed by atoms with Crippen LogP contribution in [0.3, 0.4) is 0 Å². The number of aliphatic hydroxyl groups excluding tert-OH is 1. The maximum atomic E-state index is 9.83. The monoisotopic (exact) mass is 231 g/mol. The number of ether oxygens (including phenoxy) is 1. The number of para-hydroxylation sites is 2. The normalized spacial score (nSPS) is 12.1. The SMILES string of the molecule is Oc1ccccc1OCC(O)c1cccnc1. The fourth-order valence-electron chi connectivity index (χ4n) is 1.42. The molecule has 0 spiro atoms. The van der Waals surface area contributed by atoms with Gasteiger partial charge in [-0.2, -0.15) is 0 Å². The highest BCUT2D eigenvalue weighted by Crippen LogP contribution is 2.25. The van der Waals surface area contributed by atoms with Crippen LogP contribution < -0.4 is 4.74 Å². The second-order valence-electron chi connectivity index (χ2n) is 3.58. The molecule has 2 aromatic rings. The van der Waals surface area contributed by atoms with Crippen molar-refractivity contribution in [2.45, 2.75) is 6.10 Å². The second kappa shape index (κ2) is 5.32. The molecule has 1 heterocycles. The molecule has 88 valence electrons. The van der Waals surface area contributed by atoms with Crippen LogP contribution in [0.15, 0.2) is 48.8 Å². The number of phenolic OH excluding ortho intramolecular Hbond substituents is 1. The zero-order chi connectivity index (χ0) is 12.1. The first-order valence-electron chi connectivity index (χ1n) is 5.26. The summed E-state index contributed by atoms with van der Waals surface area (Å²) in [6, 6.07) is 10.2. The molecule has 1 unspecified atom stereocenters. The van der Waals surface area contributed by atoms with Gasteiger partial charge in [-0.15, -0.1) is 0 Å². The van der Waals surface area contributed by atoms with Gasteiger partial charge in [0, 0.05) is 18.0 Å². The van der Waals surface area contributed by atoms with Crippen molar-refractivity contribution in [2.24, 2.45) is 0 Å². The Hall–Kier alpha value is -2.07. The van der Waals surface area contributed by atoms with E-state index in [1.54, 1.807) is 42.7 Å². The average Bonchev–Trinajstić information content (AvgIpc) is 2.38. The Balaban J connectivity index is 1.97. The maximum Gasteiger partial charge on any atom is 0.161 e. The molecule has 2 N–H and O–H groups in total. The molecule has 2 rings (SSSR count). The number of rotatable bonds is 4. The van der Waals surface area contributed by atoms with Crippen molar-refractivity contribution in [1.82, 2.24) is 4.98 Å². The van der Waals surface area contributed by atoms with Crippen molar-refractivity contribution in [3.8, 4) is 11.5 Å². The lowest BCUT2D eigenvalue weighted by Crippen LogP contribution is -2.09. The Kier molecular flexibility index (Phi) is 3.57. The number of aliphatic hydroxyl groups is 1. The molecule has 0 radical (unpaired) electrons. The molecule has 0 saturated heterocycles. The van der Waals surface area contributed by atoms with Crippen LogP contribution in [0, 0.1) is 0 Å². The number of benzene rings is 1. The maximum absolute atomic E-state index is 9.83. The van der Waals surface area contributed by atoms with Gasteiger partial charge in [-0.25, -0.2) is 0 Å². The standard InChI is InChI=1S/C13H13NO3/c15-11-5-1-2-6-13(11)17-9-12(16)10-4-3-7-14-8-10/h1-8,12,15-16H,9H2. The van der Waals surface area contributed by atoms with Crippen molar-refractivity contribution in [3.05, 3.63) is 54.4 Å². The van der Waals surface area contributed by atoms with Crippen LogP contribution in [-0.4, -0.2) is 21.8 Å². The highest BCUT2D eigenvalue weighted by Gasteiger charge is 2.09. The smallest absolute Gasteiger partial charge is 0.161 e. The molecule has 4 nitrogen and oxygen atoms in total. The van der Waals surface area contributed by atoms with Crippen molar-refractivity contribution in [2.75, 3.05) is 6.61 Å². The van der Waals surface area contributed by atoms with E-state index in [0.717, 1.165) is 0 Å². The molecular formula is C13H13NO3. The lowest BCUT2D eigenvalue weighted by Gasteiger charge is -2.12. The minimum absolute atomic E-state index is 0.0610. The Labute approximate surface area is 99.1 Å². The number of pyridine rings is 1. The fourth-order valence-corrected chi connectivity index (χ4v) is 1.42. The van der Waals surface area contributed by atoms with Gasteiger partial charge in [-0.1, -0.05) is 18.2 Å². The quantitative estimate of drug-likeness (QED) is 0.843. The molecule has 0 fully saturated rings. The zero-order valence-electron chi connectivity index (χ0n) is 9.15. The summed E-state index contributed by atoms with van der Waals surface area (Å²) in [5.41, 5.74) is 0.683. The molecule has 0 aliphatic carbocycles. The van der Waals surface area contributed by atoms with Gasteiger partial charge in [-0.3, -0.25) is 4.98 Å². The van der Waals surface area contributed by atoms with E-state index in [-0.39, 0.29) is 12.4 Å². The van der Waals surface area contributed by atoms with Crippen LogP contribution in [0.25, 0.3) is 0 Å². The van der Waals surface area contributed by atoms with Gasteiger partial charge in [0.15, 0.2) is 11.5 Å². The minimum atomic E-state index is -0.761. The third-order valence-electron chi connectivity index (χ3n) is 2.33. The van der Waals surface area contributed by atoms with Gasteiger partial charge in [0.05, 0.1) is 0 Å². The van der Waals surface area contributed by atoms with Crippen molar-refractivity contribution < 1.29 is 14.9 Å². The molecule has 0 saturated carbocycles. The molecule has 0 bridgehead atoms. The van der Waals surface area contributed by atoms with E-state index in [1.807, 2.05) is 0 Å². The summed E-state index contributed by atoms with van der Waals surface area (Å²) in [5, 5.41) is 19.3.